The Kier molecular flexibility index (Phi) is 3.63. The Morgan fingerprint density at radius 2 is 2.14 bits per heavy atom. The maximum Gasteiger partial charge on any atom is 0.238 e. The van der Waals surface area contributed by atoms with E-state index in [2.05, 4.69) is 21.7 Å². The Hall–Kier alpha value is -1.98. The molecule has 1 atom stereocenters. The summed E-state index contributed by atoms with van der Waals surface area (Å²) in [5.41, 5.74) is 4.27. The molecule has 4 nitrogen and oxygen atoms in total. The van der Waals surface area contributed by atoms with Crippen molar-refractivity contribution in [2.75, 3.05) is 16.4 Å². The van der Waals surface area contributed by atoms with Gasteiger partial charge in [-0.3, -0.25) is 9.78 Å². The Morgan fingerprint density at radius 3 is 2.93 bits per heavy atom. The van der Waals surface area contributed by atoms with Gasteiger partial charge in [0.2, 0.25) is 5.91 Å². The summed E-state index contributed by atoms with van der Waals surface area (Å²) in [5.74, 6) is 2.55. The van der Waals surface area contributed by atoms with Gasteiger partial charge >= 0.3 is 0 Å². The van der Waals surface area contributed by atoms with Crippen LogP contribution < -0.4 is 4.90 Å². The quantitative estimate of drug-likeness (QED) is 0.614. The van der Waals surface area contributed by atoms with Crippen LogP contribution in [0.3, 0.4) is 0 Å². The van der Waals surface area contributed by atoms with Gasteiger partial charge in [0.1, 0.15) is 0 Å². The van der Waals surface area contributed by atoms with Crippen LogP contribution in [0.4, 0.5) is 5.69 Å². The normalized spacial score (nSPS) is 22.4. The molecule has 142 valence electrons. The molecule has 2 fully saturated rings. The van der Waals surface area contributed by atoms with E-state index in [1.807, 2.05) is 47.3 Å². The van der Waals surface area contributed by atoms with E-state index in [1.165, 1.54) is 23.4 Å². The fraction of sp³-hybridized carbons (Fsp3) is 0.364. The number of carbonyl (C=O) groups is 1. The van der Waals surface area contributed by atoms with E-state index in [4.69, 9.17) is 11.6 Å². The van der Waals surface area contributed by atoms with Crippen molar-refractivity contribution in [1.29, 1.82) is 0 Å². The molecular weight excluding hydrogens is 390 g/mol. The van der Waals surface area contributed by atoms with E-state index in [0.29, 0.717) is 12.6 Å². The van der Waals surface area contributed by atoms with Crippen molar-refractivity contribution in [3.8, 4) is 0 Å². The summed E-state index contributed by atoms with van der Waals surface area (Å²) < 4.78 is 2.45. The lowest BCUT2D eigenvalue weighted by Crippen LogP contribution is -2.32. The topological polar surface area (TPSA) is 38.1 Å². The van der Waals surface area contributed by atoms with Gasteiger partial charge in [-0.15, -0.1) is 0 Å². The molecule has 2 aliphatic heterocycles. The molecule has 0 radical (unpaired) electrons. The van der Waals surface area contributed by atoms with Gasteiger partial charge in [-0.1, -0.05) is 11.6 Å². The average Bonchev–Trinajstić information content (AvgIpc) is 3.08. The minimum absolute atomic E-state index is 0.242. The molecule has 6 rings (SSSR count). The molecule has 1 amide bonds. The zero-order valence-electron chi connectivity index (χ0n) is 15.4. The Morgan fingerprint density at radius 1 is 1.25 bits per heavy atom. The lowest BCUT2D eigenvalue weighted by atomic mass is 9.99. The third-order valence-electron chi connectivity index (χ3n) is 6.48. The molecule has 4 heterocycles. The van der Waals surface area contributed by atoms with E-state index in [9.17, 15) is 4.79 Å². The van der Waals surface area contributed by atoms with Crippen LogP contribution in [0.2, 0.25) is 5.02 Å². The average molecular weight is 410 g/mol. The Bertz CT molecular complexity index is 1110. The van der Waals surface area contributed by atoms with E-state index in [-0.39, 0.29) is 11.3 Å². The third-order valence-corrected chi connectivity index (χ3v) is 7.86. The molecule has 2 aromatic heterocycles. The highest BCUT2D eigenvalue weighted by molar-refractivity contribution is 7.99. The van der Waals surface area contributed by atoms with Crippen LogP contribution in [-0.4, -0.2) is 27.0 Å². The number of nitrogens with zero attached hydrogens (tertiary/aromatic N) is 3. The molecule has 1 unspecified atom stereocenters. The highest BCUT2D eigenvalue weighted by atomic mass is 35.5. The molecular formula is C22H20ClN3OS. The number of aromatic nitrogens is 2. The van der Waals surface area contributed by atoms with E-state index < -0.39 is 0 Å². The number of anilines is 1. The smallest absolute Gasteiger partial charge is 0.238 e. The van der Waals surface area contributed by atoms with Crippen molar-refractivity contribution in [2.45, 2.75) is 37.3 Å². The zero-order chi connectivity index (χ0) is 18.9. The molecule has 3 aliphatic rings. The molecule has 28 heavy (non-hydrogen) atoms. The highest BCUT2D eigenvalue weighted by Gasteiger charge is 2.59. The largest absolute Gasteiger partial charge is 0.339 e. The summed E-state index contributed by atoms with van der Waals surface area (Å²) in [4.78, 5) is 19.6. The molecule has 0 N–H and O–H groups in total. The molecule has 1 saturated carbocycles. The lowest BCUT2D eigenvalue weighted by molar-refractivity contribution is -0.120. The number of thioether (sulfide) groups is 1. The molecule has 0 bridgehead atoms. The summed E-state index contributed by atoms with van der Waals surface area (Å²) in [7, 11) is 0. The first-order valence-corrected chi connectivity index (χ1v) is 11.3. The fourth-order valence-corrected chi connectivity index (χ4v) is 6.33. The van der Waals surface area contributed by atoms with E-state index in [0.717, 1.165) is 40.3 Å². The minimum Gasteiger partial charge on any atom is -0.339 e. The SMILES string of the molecule is O=C1N(Cc2cc3cc(Cl)ccc3n2C2CCSC2)c2cnccc2C12CC2. The molecule has 1 spiro atoms. The number of carbonyl (C=O) groups excluding carboxylic acids is 1. The van der Waals surface area contributed by atoms with Gasteiger partial charge in [0.25, 0.3) is 0 Å². The molecule has 1 aromatic carbocycles. The standard InChI is InChI=1S/C22H20ClN3OS/c23-15-1-2-19-14(9-15)10-17(26(19)16-4-8-28-13-16)12-25-20-11-24-7-3-18(20)22(5-6-22)21(25)27/h1-3,7,9-11,16H,4-6,8,12-13H2. The first-order chi connectivity index (χ1) is 13.7. The van der Waals surface area contributed by atoms with Crippen LogP contribution >= 0.6 is 23.4 Å². The maximum atomic E-state index is 13.3. The monoisotopic (exact) mass is 409 g/mol. The number of hydrogen-bond donors (Lipinski definition) is 0. The van der Waals surface area contributed by atoms with Crippen LogP contribution in [0, 0.1) is 0 Å². The minimum atomic E-state index is -0.276. The van der Waals surface area contributed by atoms with Crippen molar-refractivity contribution in [2.24, 2.45) is 0 Å². The predicted molar refractivity (Wildman–Crippen MR) is 114 cm³/mol. The second-order valence-corrected chi connectivity index (χ2v) is 9.68. The second kappa shape index (κ2) is 6.01. The first-order valence-electron chi connectivity index (χ1n) is 9.81. The number of hydrogen-bond acceptors (Lipinski definition) is 3. The summed E-state index contributed by atoms with van der Waals surface area (Å²) in [6, 6.07) is 10.8. The van der Waals surface area contributed by atoms with Gasteiger partial charge in [-0.05, 0) is 60.9 Å². The van der Waals surface area contributed by atoms with Crippen LogP contribution in [0.15, 0.2) is 42.7 Å². The third kappa shape index (κ3) is 2.32. The van der Waals surface area contributed by atoms with Crippen molar-refractivity contribution in [3.05, 3.63) is 59.0 Å². The molecule has 6 heteroatoms. The molecule has 3 aromatic rings. The summed E-state index contributed by atoms with van der Waals surface area (Å²) >= 11 is 8.26. The summed E-state index contributed by atoms with van der Waals surface area (Å²) in [5, 5.41) is 1.90. The fourth-order valence-electron chi connectivity index (χ4n) is 4.96. The van der Waals surface area contributed by atoms with Gasteiger partial charge in [-0.25, -0.2) is 0 Å². The van der Waals surface area contributed by atoms with Crippen molar-refractivity contribution >= 4 is 45.9 Å². The van der Waals surface area contributed by atoms with E-state index >= 15 is 0 Å². The Labute approximate surface area is 172 Å². The zero-order valence-corrected chi connectivity index (χ0v) is 17.0. The number of rotatable bonds is 3. The predicted octanol–water partition coefficient (Wildman–Crippen LogP) is 4.95. The lowest BCUT2D eigenvalue weighted by Gasteiger charge is -2.22. The van der Waals surface area contributed by atoms with Gasteiger partial charge in [-0.2, -0.15) is 11.8 Å². The Balaban J connectivity index is 1.47. The van der Waals surface area contributed by atoms with Crippen molar-refractivity contribution in [1.82, 2.24) is 9.55 Å². The van der Waals surface area contributed by atoms with Gasteiger partial charge in [0, 0.05) is 39.6 Å². The van der Waals surface area contributed by atoms with Gasteiger partial charge < -0.3 is 9.47 Å². The van der Waals surface area contributed by atoms with Gasteiger partial charge in [0.15, 0.2) is 0 Å². The summed E-state index contributed by atoms with van der Waals surface area (Å²) in [6.07, 6.45) is 6.74. The van der Waals surface area contributed by atoms with E-state index in [1.54, 1.807) is 0 Å². The number of pyridine rings is 1. The van der Waals surface area contributed by atoms with Crippen molar-refractivity contribution in [3.63, 3.8) is 0 Å². The number of benzene rings is 1. The highest BCUT2D eigenvalue weighted by Crippen LogP contribution is 2.57. The maximum absolute atomic E-state index is 13.3. The van der Waals surface area contributed by atoms with Crippen LogP contribution in [0.25, 0.3) is 10.9 Å². The number of amides is 1. The second-order valence-electron chi connectivity index (χ2n) is 8.09. The van der Waals surface area contributed by atoms with Crippen molar-refractivity contribution < 1.29 is 4.79 Å². The molecule has 1 aliphatic carbocycles. The van der Waals surface area contributed by atoms with Crippen LogP contribution in [-0.2, 0) is 16.8 Å². The summed E-state index contributed by atoms with van der Waals surface area (Å²) in [6.45, 7) is 0.590. The van der Waals surface area contributed by atoms with Crippen LogP contribution in [0.5, 0.6) is 0 Å². The number of fused-ring (bicyclic) bond motifs is 3. The number of halogens is 1. The molecule has 1 saturated heterocycles. The van der Waals surface area contributed by atoms with Gasteiger partial charge in [0.05, 0.1) is 23.8 Å². The first kappa shape index (κ1) is 16.9. The van der Waals surface area contributed by atoms with Crippen LogP contribution in [0.1, 0.15) is 36.6 Å².